The average molecular weight is 330 g/mol. The third kappa shape index (κ3) is 2.28. The first-order valence-electron chi connectivity index (χ1n) is 7.42. The largest absolute Gasteiger partial charge is 0.507 e. The van der Waals surface area contributed by atoms with Gasteiger partial charge in [-0.15, -0.1) is 0 Å². The molecule has 5 nitrogen and oxygen atoms in total. The Labute approximate surface area is 139 Å². The van der Waals surface area contributed by atoms with Gasteiger partial charge < -0.3 is 20.1 Å². The van der Waals surface area contributed by atoms with E-state index < -0.39 is 0 Å². The molecule has 0 saturated carbocycles. The molecule has 6 heteroatoms. The first-order chi connectivity index (χ1) is 11.2. The topological polar surface area (TPSA) is 57.1 Å². The second-order valence-corrected chi connectivity index (χ2v) is 6.00. The maximum Gasteiger partial charge on any atom is 0.135 e. The summed E-state index contributed by atoms with van der Waals surface area (Å²) in [6.07, 6.45) is -0.187. The van der Waals surface area contributed by atoms with Crippen LogP contribution >= 0.6 is 11.6 Å². The van der Waals surface area contributed by atoms with Gasteiger partial charge in [0.25, 0.3) is 0 Å². The zero-order valence-electron chi connectivity index (χ0n) is 12.6. The van der Waals surface area contributed by atoms with Crippen molar-refractivity contribution in [3.63, 3.8) is 0 Å². The number of rotatable bonds is 2. The van der Waals surface area contributed by atoms with Crippen molar-refractivity contribution >= 4 is 23.1 Å². The molecule has 1 atom stereocenters. The predicted octanol–water partition coefficient (Wildman–Crippen LogP) is 3.24. The molecule has 0 aliphatic carbocycles. The summed E-state index contributed by atoms with van der Waals surface area (Å²) >= 11 is 6.12. The van der Waals surface area contributed by atoms with E-state index in [0.29, 0.717) is 10.8 Å². The van der Waals surface area contributed by atoms with E-state index in [0.717, 1.165) is 35.7 Å². The van der Waals surface area contributed by atoms with E-state index >= 15 is 0 Å². The fourth-order valence-corrected chi connectivity index (χ4v) is 3.31. The number of phenols is 1. The molecule has 4 rings (SSSR count). The van der Waals surface area contributed by atoms with Gasteiger partial charge >= 0.3 is 0 Å². The van der Waals surface area contributed by atoms with Crippen molar-refractivity contribution in [1.82, 2.24) is 4.90 Å². The smallest absolute Gasteiger partial charge is 0.135 e. The molecule has 2 aliphatic heterocycles. The summed E-state index contributed by atoms with van der Waals surface area (Å²) in [6.45, 7) is 1.55. The van der Waals surface area contributed by atoms with Crippen molar-refractivity contribution < 1.29 is 9.84 Å². The van der Waals surface area contributed by atoms with Gasteiger partial charge in [-0.05, 0) is 30.3 Å². The Hall–Kier alpha value is -2.40. The maximum atomic E-state index is 10.4. The second kappa shape index (κ2) is 5.35. The molecular weight excluding hydrogens is 314 g/mol. The van der Waals surface area contributed by atoms with Crippen molar-refractivity contribution in [2.24, 2.45) is 4.99 Å². The van der Waals surface area contributed by atoms with E-state index in [1.165, 1.54) is 0 Å². The lowest BCUT2D eigenvalue weighted by molar-refractivity contribution is 0.353. The predicted molar refractivity (Wildman–Crippen MR) is 90.6 cm³/mol. The number of aliphatic imine (C=N–C) groups is 1. The number of aromatic hydroxyl groups is 1. The number of hydrogen-bond acceptors (Lipinski definition) is 5. The molecule has 0 bridgehead atoms. The number of phenolic OH excluding ortho intramolecular Hbond substituents is 1. The lowest BCUT2D eigenvalue weighted by atomic mass is 10.0. The van der Waals surface area contributed by atoms with Crippen LogP contribution in [0.3, 0.4) is 0 Å². The molecule has 2 aliphatic rings. The van der Waals surface area contributed by atoms with Crippen LogP contribution in [0.25, 0.3) is 0 Å². The number of nitrogens with zero attached hydrogens (tertiary/aromatic N) is 2. The van der Waals surface area contributed by atoms with Crippen LogP contribution < -0.4 is 10.1 Å². The van der Waals surface area contributed by atoms with Crippen molar-refractivity contribution in [2.45, 2.75) is 6.17 Å². The fraction of sp³-hybridized carbons (Fsp3) is 0.235. The van der Waals surface area contributed by atoms with E-state index in [1.54, 1.807) is 13.2 Å². The van der Waals surface area contributed by atoms with Gasteiger partial charge in [0, 0.05) is 34.4 Å². The highest BCUT2D eigenvalue weighted by molar-refractivity contribution is 6.31. The molecule has 0 fully saturated rings. The summed E-state index contributed by atoms with van der Waals surface area (Å²) in [5.41, 5.74) is 2.75. The first kappa shape index (κ1) is 14.2. The molecule has 0 radical (unpaired) electrons. The highest BCUT2D eigenvalue weighted by Gasteiger charge is 2.34. The van der Waals surface area contributed by atoms with E-state index in [4.69, 9.17) is 16.3 Å². The third-order valence-electron chi connectivity index (χ3n) is 4.23. The number of benzene rings is 2. The van der Waals surface area contributed by atoms with Gasteiger partial charge in [0.15, 0.2) is 0 Å². The van der Waals surface area contributed by atoms with Gasteiger partial charge in [0.05, 0.1) is 13.7 Å². The molecule has 2 aromatic rings. The van der Waals surface area contributed by atoms with Gasteiger partial charge in [-0.2, -0.15) is 0 Å². The Bertz CT molecular complexity index is 806. The van der Waals surface area contributed by atoms with Crippen LogP contribution in [-0.2, 0) is 0 Å². The number of amidine groups is 1. The monoisotopic (exact) mass is 329 g/mol. The number of nitrogens with one attached hydrogen (secondary N) is 1. The third-order valence-corrected chi connectivity index (χ3v) is 4.47. The average Bonchev–Trinajstić information content (AvgIpc) is 3.03. The van der Waals surface area contributed by atoms with Crippen LogP contribution in [-0.4, -0.2) is 36.0 Å². The number of fused-ring (bicyclic) bond motifs is 3. The summed E-state index contributed by atoms with van der Waals surface area (Å²) in [7, 11) is 1.58. The lowest BCUT2D eigenvalue weighted by Gasteiger charge is -2.38. The standard InChI is InChI=1S/C17H16ClN3O2/c1-23-11-3-5-13(15(22)9-11)17-20-14-8-10(18)2-4-12(14)16-19-6-7-21(16)17/h2-5,8-9,17,20,22H,6-7H2,1H3/t17-/m0/s1. The Kier molecular flexibility index (Phi) is 3.31. The van der Waals surface area contributed by atoms with Crippen molar-refractivity contribution in [1.29, 1.82) is 0 Å². The Balaban J connectivity index is 1.80. The SMILES string of the molecule is COc1ccc([C@H]2Nc3cc(Cl)ccc3C3=NCCN32)c(O)c1. The zero-order chi connectivity index (χ0) is 16.0. The summed E-state index contributed by atoms with van der Waals surface area (Å²) in [5.74, 6) is 1.76. The fourth-order valence-electron chi connectivity index (χ4n) is 3.14. The van der Waals surface area contributed by atoms with E-state index in [9.17, 15) is 5.11 Å². The molecule has 2 heterocycles. The molecule has 0 unspecified atom stereocenters. The second-order valence-electron chi connectivity index (χ2n) is 5.56. The number of ether oxygens (including phenoxy) is 1. The van der Waals surface area contributed by atoms with Gasteiger partial charge in [0.2, 0.25) is 0 Å². The molecule has 2 N–H and O–H groups in total. The minimum Gasteiger partial charge on any atom is -0.507 e. The normalized spacial score (nSPS) is 18.8. The van der Waals surface area contributed by atoms with Gasteiger partial charge in [-0.25, -0.2) is 0 Å². The summed E-state index contributed by atoms with van der Waals surface area (Å²) < 4.78 is 5.16. The maximum absolute atomic E-state index is 10.4. The summed E-state index contributed by atoms with van der Waals surface area (Å²) in [4.78, 5) is 6.79. The van der Waals surface area contributed by atoms with Gasteiger partial charge in [-0.1, -0.05) is 11.6 Å². The zero-order valence-corrected chi connectivity index (χ0v) is 13.3. The molecule has 0 aromatic heterocycles. The lowest BCUT2D eigenvalue weighted by Crippen LogP contribution is -2.41. The minimum atomic E-state index is -0.187. The summed E-state index contributed by atoms with van der Waals surface area (Å²) in [5, 5.41) is 14.5. The van der Waals surface area contributed by atoms with Gasteiger partial charge in [0.1, 0.15) is 23.5 Å². The quantitative estimate of drug-likeness (QED) is 0.888. The van der Waals surface area contributed by atoms with Gasteiger partial charge in [-0.3, -0.25) is 4.99 Å². The van der Waals surface area contributed by atoms with Crippen molar-refractivity contribution in [3.8, 4) is 11.5 Å². The van der Waals surface area contributed by atoms with Crippen LogP contribution in [0.4, 0.5) is 5.69 Å². The van der Waals surface area contributed by atoms with Crippen LogP contribution in [0.2, 0.25) is 5.02 Å². The van der Waals surface area contributed by atoms with Crippen LogP contribution in [0, 0.1) is 0 Å². The van der Waals surface area contributed by atoms with Crippen LogP contribution in [0.1, 0.15) is 17.3 Å². The Morgan fingerprint density at radius 1 is 1.30 bits per heavy atom. The number of halogens is 1. The van der Waals surface area contributed by atoms with E-state index in [2.05, 4.69) is 15.2 Å². The molecule has 23 heavy (non-hydrogen) atoms. The molecule has 118 valence electrons. The Morgan fingerprint density at radius 3 is 2.96 bits per heavy atom. The molecule has 0 spiro atoms. The number of methoxy groups -OCH3 is 1. The first-order valence-corrected chi connectivity index (χ1v) is 7.79. The van der Waals surface area contributed by atoms with Crippen LogP contribution in [0.5, 0.6) is 11.5 Å². The summed E-state index contributed by atoms with van der Waals surface area (Å²) in [6, 6.07) is 11.1. The van der Waals surface area contributed by atoms with Crippen LogP contribution in [0.15, 0.2) is 41.4 Å². The molecule has 0 amide bonds. The highest BCUT2D eigenvalue weighted by atomic mass is 35.5. The number of hydrogen-bond donors (Lipinski definition) is 2. The molecular formula is C17H16ClN3O2. The Morgan fingerprint density at radius 2 is 2.17 bits per heavy atom. The molecule has 0 saturated heterocycles. The van der Waals surface area contributed by atoms with Crippen molar-refractivity contribution in [3.05, 3.63) is 52.5 Å². The van der Waals surface area contributed by atoms with E-state index in [-0.39, 0.29) is 11.9 Å². The highest BCUT2D eigenvalue weighted by Crippen LogP contribution is 2.39. The minimum absolute atomic E-state index is 0.187. The number of anilines is 1. The van der Waals surface area contributed by atoms with Crippen molar-refractivity contribution in [2.75, 3.05) is 25.5 Å². The van der Waals surface area contributed by atoms with E-state index in [1.807, 2.05) is 30.3 Å². The molecule has 2 aromatic carbocycles.